The van der Waals surface area contributed by atoms with Gasteiger partial charge < -0.3 is 0 Å². The van der Waals surface area contributed by atoms with Crippen LogP contribution in [0.5, 0.6) is 0 Å². The Bertz CT molecular complexity index is 174. The Balaban J connectivity index is 0.000000640. The number of nitrogens with one attached hydrogen (secondary N) is 1. The number of hydrogen-bond acceptors (Lipinski definition) is 2. The van der Waals surface area contributed by atoms with Crippen LogP contribution in [0.2, 0.25) is 0 Å². The van der Waals surface area contributed by atoms with Gasteiger partial charge in [0, 0.05) is 0 Å². The molecule has 1 aromatic heterocycles. The molecule has 0 atom stereocenters. The molecule has 1 heterocycles. The maximum absolute atomic E-state index is 4.02. The molecule has 1 rings (SSSR count). The Kier molecular flexibility index (Phi) is 4.05. The maximum Gasteiger partial charge on any atom is 0.161 e. The van der Waals surface area contributed by atoms with E-state index in [1.165, 1.54) is 0 Å². The van der Waals surface area contributed by atoms with E-state index in [1.807, 2.05) is 6.92 Å². The van der Waals surface area contributed by atoms with E-state index in [2.05, 4.69) is 31.1 Å². The van der Waals surface area contributed by atoms with E-state index in [-0.39, 0.29) is 17.0 Å². The fourth-order valence-electron chi connectivity index (χ4n) is 0.449. The van der Waals surface area contributed by atoms with Crippen molar-refractivity contribution >= 4 is 32.9 Å². The van der Waals surface area contributed by atoms with Crippen LogP contribution >= 0.6 is 32.9 Å². The molecule has 0 saturated heterocycles. The summed E-state index contributed by atoms with van der Waals surface area (Å²) in [6, 6.07) is 0. The van der Waals surface area contributed by atoms with Gasteiger partial charge in [-0.15, -0.1) is 17.0 Å². The van der Waals surface area contributed by atoms with E-state index in [0.717, 1.165) is 17.0 Å². The van der Waals surface area contributed by atoms with Gasteiger partial charge in [0.15, 0.2) is 5.82 Å². The second-order valence-electron chi connectivity index (χ2n) is 1.47. The van der Waals surface area contributed by atoms with Crippen molar-refractivity contribution in [2.24, 2.45) is 0 Å². The Hall–Kier alpha value is 0.1000. The second kappa shape index (κ2) is 4.00. The normalized spacial score (nSPS) is 8.67. The van der Waals surface area contributed by atoms with Gasteiger partial charge >= 0.3 is 0 Å². The number of H-pyrrole nitrogens is 1. The number of aromatic amines is 1. The lowest BCUT2D eigenvalue weighted by Crippen LogP contribution is -1.77. The summed E-state index contributed by atoms with van der Waals surface area (Å²) < 4.78 is 0. The van der Waals surface area contributed by atoms with Gasteiger partial charge in [0.25, 0.3) is 0 Å². The molecule has 1 aromatic rings. The number of nitrogens with zero attached hydrogens (tertiary/aromatic N) is 2. The van der Waals surface area contributed by atoms with Crippen LogP contribution in [-0.2, 0) is 5.33 Å². The molecular weight excluding hydrogens is 250 g/mol. The van der Waals surface area contributed by atoms with Crippen molar-refractivity contribution < 1.29 is 0 Å². The van der Waals surface area contributed by atoms with Crippen molar-refractivity contribution in [1.29, 1.82) is 0 Å². The molecule has 52 valence electrons. The first-order chi connectivity index (χ1) is 3.83. The van der Waals surface area contributed by atoms with E-state index in [1.54, 1.807) is 0 Å². The number of aromatic nitrogens is 3. The highest BCUT2D eigenvalue weighted by atomic mass is 79.9. The van der Waals surface area contributed by atoms with Crippen molar-refractivity contribution in [3.8, 4) is 0 Å². The van der Waals surface area contributed by atoms with Crippen molar-refractivity contribution in [2.75, 3.05) is 0 Å². The molecule has 3 nitrogen and oxygen atoms in total. The summed E-state index contributed by atoms with van der Waals surface area (Å²) in [6.45, 7) is 1.87. The van der Waals surface area contributed by atoms with Crippen LogP contribution in [-0.4, -0.2) is 15.2 Å². The van der Waals surface area contributed by atoms with E-state index >= 15 is 0 Å². The fourth-order valence-corrected chi connectivity index (χ4v) is 0.700. The lowest BCUT2D eigenvalue weighted by atomic mass is 10.7. The third kappa shape index (κ3) is 2.45. The predicted molar refractivity (Wildman–Crippen MR) is 44.1 cm³/mol. The van der Waals surface area contributed by atoms with E-state index in [0.29, 0.717) is 0 Å². The average Bonchev–Trinajstić information content (AvgIpc) is 2.14. The van der Waals surface area contributed by atoms with E-state index in [9.17, 15) is 0 Å². The van der Waals surface area contributed by atoms with Crippen molar-refractivity contribution in [2.45, 2.75) is 12.3 Å². The zero-order valence-electron chi connectivity index (χ0n) is 4.89. The summed E-state index contributed by atoms with van der Waals surface area (Å²) in [5, 5.41) is 7.30. The van der Waals surface area contributed by atoms with Crippen molar-refractivity contribution in [1.82, 2.24) is 15.2 Å². The molecule has 0 aliphatic rings. The van der Waals surface area contributed by atoms with Crippen LogP contribution in [0.25, 0.3) is 0 Å². The highest BCUT2D eigenvalue weighted by Gasteiger charge is 1.92. The first kappa shape index (κ1) is 9.10. The summed E-state index contributed by atoms with van der Waals surface area (Å²) in [5.41, 5.74) is 0. The minimum Gasteiger partial charge on any atom is -0.263 e. The minimum atomic E-state index is 0. The van der Waals surface area contributed by atoms with Gasteiger partial charge in [-0.3, -0.25) is 5.10 Å². The molecular formula is C4H7Br2N3. The molecule has 5 heteroatoms. The summed E-state index contributed by atoms with van der Waals surface area (Å²) in [4.78, 5) is 4.02. The molecule has 0 saturated carbocycles. The number of aryl methyl sites for hydroxylation is 1. The predicted octanol–water partition coefficient (Wildman–Crippen LogP) is 1.59. The van der Waals surface area contributed by atoms with Crippen LogP contribution in [0.1, 0.15) is 11.6 Å². The van der Waals surface area contributed by atoms with Crippen LogP contribution in [0.3, 0.4) is 0 Å². The molecule has 0 fully saturated rings. The largest absolute Gasteiger partial charge is 0.263 e. The van der Waals surface area contributed by atoms with Crippen LogP contribution in [0, 0.1) is 6.92 Å². The lowest BCUT2D eigenvalue weighted by Gasteiger charge is -1.74. The molecule has 0 unspecified atom stereocenters. The standard InChI is InChI=1S/C4H6BrN3.BrH/c1-3-6-4(2-5)8-7-3;/h2H2,1H3,(H,6,7,8);1H. The zero-order chi connectivity index (χ0) is 5.98. The SMILES string of the molecule is Br.Cc1nc(CBr)n[nH]1. The smallest absolute Gasteiger partial charge is 0.161 e. The molecule has 0 spiro atoms. The van der Waals surface area contributed by atoms with Gasteiger partial charge in [-0.2, -0.15) is 5.10 Å². The van der Waals surface area contributed by atoms with Gasteiger partial charge in [0.05, 0.1) is 5.33 Å². The van der Waals surface area contributed by atoms with Crippen LogP contribution < -0.4 is 0 Å². The minimum absolute atomic E-state index is 0. The highest BCUT2D eigenvalue weighted by Crippen LogP contribution is 1.95. The summed E-state index contributed by atoms with van der Waals surface area (Å²) >= 11 is 3.23. The molecule has 0 aliphatic heterocycles. The average molecular weight is 257 g/mol. The Morgan fingerprint density at radius 1 is 1.67 bits per heavy atom. The third-order valence-electron chi connectivity index (χ3n) is 0.763. The first-order valence-corrected chi connectivity index (χ1v) is 3.39. The van der Waals surface area contributed by atoms with Gasteiger partial charge in [-0.1, -0.05) is 15.9 Å². The summed E-state index contributed by atoms with van der Waals surface area (Å²) in [7, 11) is 0. The Morgan fingerprint density at radius 3 is 2.56 bits per heavy atom. The van der Waals surface area contributed by atoms with Crippen molar-refractivity contribution in [3.63, 3.8) is 0 Å². The quantitative estimate of drug-likeness (QED) is 0.776. The number of rotatable bonds is 1. The number of alkyl halides is 1. The molecule has 0 bridgehead atoms. The fraction of sp³-hybridized carbons (Fsp3) is 0.500. The van der Waals surface area contributed by atoms with Gasteiger partial charge in [0.1, 0.15) is 5.82 Å². The molecule has 9 heavy (non-hydrogen) atoms. The summed E-state index contributed by atoms with van der Waals surface area (Å²) in [6.07, 6.45) is 0. The van der Waals surface area contributed by atoms with Gasteiger partial charge in [-0.25, -0.2) is 4.98 Å². The van der Waals surface area contributed by atoms with Crippen LogP contribution in [0.4, 0.5) is 0 Å². The highest BCUT2D eigenvalue weighted by molar-refractivity contribution is 9.08. The maximum atomic E-state index is 4.02. The molecule has 0 aliphatic carbocycles. The third-order valence-corrected chi connectivity index (χ3v) is 1.26. The molecule has 0 amide bonds. The number of hydrogen-bond donors (Lipinski definition) is 1. The van der Waals surface area contributed by atoms with Crippen LogP contribution in [0.15, 0.2) is 0 Å². The van der Waals surface area contributed by atoms with Gasteiger partial charge in [0.2, 0.25) is 0 Å². The Labute approximate surface area is 72.2 Å². The zero-order valence-corrected chi connectivity index (χ0v) is 8.19. The molecule has 0 aromatic carbocycles. The number of halogens is 2. The Morgan fingerprint density at radius 2 is 2.33 bits per heavy atom. The van der Waals surface area contributed by atoms with Crippen molar-refractivity contribution in [3.05, 3.63) is 11.6 Å². The van der Waals surface area contributed by atoms with E-state index in [4.69, 9.17) is 0 Å². The summed E-state index contributed by atoms with van der Waals surface area (Å²) in [5.74, 6) is 1.67. The van der Waals surface area contributed by atoms with E-state index < -0.39 is 0 Å². The topological polar surface area (TPSA) is 41.6 Å². The molecule has 0 radical (unpaired) electrons. The molecule has 1 N–H and O–H groups in total. The first-order valence-electron chi connectivity index (χ1n) is 2.27. The lowest BCUT2D eigenvalue weighted by molar-refractivity contribution is 1.01. The second-order valence-corrected chi connectivity index (χ2v) is 2.03. The van der Waals surface area contributed by atoms with Gasteiger partial charge in [-0.05, 0) is 6.92 Å². The monoisotopic (exact) mass is 255 g/mol.